The van der Waals surface area contributed by atoms with Crippen LogP contribution >= 0.6 is 39.1 Å². The molecule has 0 aliphatic carbocycles. The first-order valence-electron chi connectivity index (χ1n) is 5.13. The SMILES string of the molecule is Clc1cccc2c(Br)c3c(Cl)cccc3cc12. The normalized spacial score (nSPS) is 11.2. The molecule has 3 rings (SSSR count). The van der Waals surface area contributed by atoms with E-state index < -0.39 is 0 Å². The van der Waals surface area contributed by atoms with Crippen molar-refractivity contribution in [1.29, 1.82) is 0 Å². The summed E-state index contributed by atoms with van der Waals surface area (Å²) in [5.41, 5.74) is 0. The van der Waals surface area contributed by atoms with Crippen molar-refractivity contribution in [3.8, 4) is 0 Å². The Morgan fingerprint density at radius 2 is 1.53 bits per heavy atom. The molecule has 0 nitrogen and oxygen atoms in total. The van der Waals surface area contributed by atoms with Gasteiger partial charge in [0.15, 0.2) is 0 Å². The van der Waals surface area contributed by atoms with Crippen LogP contribution in [0.4, 0.5) is 0 Å². The summed E-state index contributed by atoms with van der Waals surface area (Å²) in [4.78, 5) is 0. The maximum Gasteiger partial charge on any atom is 0.0495 e. The summed E-state index contributed by atoms with van der Waals surface area (Å²) in [6.07, 6.45) is 0. The summed E-state index contributed by atoms with van der Waals surface area (Å²) in [6, 6.07) is 13.8. The summed E-state index contributed by atoms with van der Waals surface area (Å²) < 4.78 is 0.998. The molecule has 0 aliphatic heterocycles. The third-order valence-electron chi connectivity index (χ3n) is 2.85. The van der Waals surface area contributed by atoms with Gasteiger partial charge in [-0.2, -0.15) is 0 Å². The number of halogens is 3. The Balaban J connectivity index is 2.63. The van der Waals surface area contributed by atoms with Gasteiger partial charge in [0.05, 0.1) is 0 Å². The van der Waals surface area contributed by atoms with Gasteiger partial charge in [0.25, 0.3) is 0 Å². The summed E-state index contributed by atoms with van der Waals surface area (Å²) in [7, 11) is 0. The van der Waals surface area contributed by atoms with Crippen molar-refractivity contribution in [1.82, 2.24) is 0 Å². The van der Waals surface area contributed by atoms with Gasteiger partial charge in [0.1, 0.15) is 0 Å². The second kappa shape index (κ2) is 4.16. The Bertz CT molecular complexity index is 735. The van der Waals surface area contributed by atoms with Crippen molar-refractivity contribution >= 4 is 60.7 Å². The summed E-state index contributed by atoms with van der Waals surface area (Å²) >= 11 is 16.1. The molecule has 0 atom stereocenters. The van der Waals surface area contributed by atoms with Crippen molar-refractivity contribution in [3.05, 3.63) is 57.0 Å². The molecule has 84 valence electrons. The molecule has 0 bridgehead atoms. The van der Waals surface area contributed by atoms with Gasteiger partial charge in [0, 0.05) is 25.3 Å². The average molecular weight is 326 g/mol. The Morgan fingerprint density at radius 3 is 2.35 bits per heavy atom. The van der Waals surface area contributed by atoms with E-state index in [-0.39, 0.29) is 0 Å². The van der Waals surface area contributed by atoms with Crippen LogP contribution in [0, 0.1) is 0 Å². The molecule has 0 aromatic heterocycles. The van der Waals surface area contributed by atoms with E-state index in [0.29, 0.717) is 0 Å². The Labute approximate surface area is 117 Å². The molecule has 0 saturated heterocycles. The van der Waals surface area contributed by atoms with E-state index >= 15 is 0 Å². The number of benzene rings is 3. The van der Waals surface area contributed by atoms with Crippen molar-refractivity contribution in [2.45, 2.75) is 0 Å². The third-order valence-corrected chi connectivity index (χ3v) is 4.32. The summed E-state index contributed by atoms with van der Waals surface area (Å²) in [6.45, 7) is 0. The molecule has 0 fully saturated rings. The molecular weight excluding hydrogens is 319 g/mol. The highest BCUT2D eigenvalue weighted by molar-refractivity contribution is 9.10. The Hall–Kier alpha value is -0.760. The number of rotatable bonds is 0. The Kier molecular flexibility index (Phi) is 2.78. The van der Waals surface area contributed by atoms with Crippen molar-refractivity contribution < 1.29 is 0 Å². The van der Waals surface area contributed by atoms with Gasteiger partial charge in [-0.05, 0) is 44.9 Å². The van der Waals surface area contributed by atoms with Crippen LogP contribution in [0.1, 0.15) is 0 Å². The van der Waals surface area contributed by atoms with Gasteiger partial charge in [-0.1, -0.05) is 47.5 Å². The fourth-order valence-corrected chi connectivity index (χ4v) is 3.47. The van der Waals surface area contributed by atoms with Gasteiger partial charge < -0.3 is 0 Å². The molecule has 0 radical (unpaired) electrons. The quantitative estimate of drug-likeness (QED) is 0.440. The van der Waals surface area contributed by atoms with Gasteiger partial charge in [0.2, 0.25) is 0 Å². The molecule has 0 spiro atoms. The maximum atomic E-state index is 6.24. The van der Waals surface area contributed by atoms with Crippen molar-refractivity contribution in [2.75, 3.05) is 0 Å². The first-order valence-corrected chi connectivity index (χ1v) is 6.68. The van der Waals surface area contributed by atoms with Crippen LogP contribution in [0.3, 0.4) is 0 Å². The number of hydrogen-bond donors (Lipinski definition) is 0. The Morgan fingerprint density at radius 1 is 0.824 bits per heavy atom. The zero-order valence-corrected chi connectivity index (χ0v) is 11.8. The fourth-order valence-electron chi connectivity index (χ4n) is 2.06. The highest BCUT2D eigenvalue weighted by Crippen LogP contribution is 2.38. The molecule has 0 saturated carbocycles. The standard InChI is InChI=1S/C14H7BrCl2/c15-14-9-4-2-5-11(16)10(9)7-8-3-1-6-12(17)13(8)14/h1-7H. The van der Waals surface area contributed by atoms with E-state index in [1.54, 1.807) is 0 Å². The van der Waals surface area contributed by atoms with Gasteiger partial charge >= 0.3 is 0 Å². The van der Waals surface area contributed by atoms with Crippen LogP contribution in [0.15, 0.2) is 46.9 Å². The first kappa shape index (κ1) is 11.3. The lowest BCUT2D eigenvalue weighted by atomic mass is 10.0. The molecule has 0 N–H and O–H groups in total. The molecule has 0 heterocycles. The van der Waals surface area contributed by atoms with E-state index in [0.717, 1.165) is 36.1 Å². The second-order valence-electron chi connectivity index (χ2n) is 3.86. The van der Waals surface area contributed by atoms with Crippen LogP contribution in [0.25, 0.3) is 21.5 Å². The van der Waals surface area contributed by atoms with Crippen molar-refractivity contribution in [3.63, 3.8) is 0 Å². The number of hydrogen-bond acceptors (Lipinski definition) is 0. The lowest BCUT2D eigenvalue weighted by Gasteiger charge is -2.08. The predicted octanol–water partition coefficient (Wildman–Crippen LogP) is 6.06. The monoisotopic (exact) mass is 324 g/mol. The highest BCUT2D eigenvalue weighted by Gasteiger charge is 2.09. The van der Waals surface area contributed by atoms with Crippen LogP contribution < -0.4 is 0 Å². The first-order chi connectivity index (χ1) is 8.18. The second-order valence-corrected chi connectivity index (χ2v) is 5.47. The average Bonchev–Trinajstić information content (AvgIpc) is 2.31. The van der Waals surface area contributed by atoms with Crippen LogP contribution in [-0.2, 0) is 0 Å². The van der Waals surface area contributed by atoms with Crippen molar-refractivity contribution in [2.24, 2.45) is 0 Å². The number of fused-ring (bicyclic) bond motifs is 2. The zero-order valence-electron chi connectivity index (χ0n) is 8.68. The van der Waals surface area contributed by atoms with Crippen LogP contribution in [0.2, 0.25) is 10.0 Å². The van der Waals surface area contributed by atoms with Crippen LogP contribution in [-0.4, -0.2) is 0 Å². The minimum atomic E-state index is 0.747. The zero-order chi connectivity index (χ0) is 12.0. The summed E-state index contributed by atoms with van der Waals surface area (Å²) in [5.74, 6) is 0. The molecule has 3 heteroatoms. The van der Waals surface area contributed by atoms with Crippen LogP contribution in [0.5, 0.6) is 0 Å². The summed E-state index contributed by atoms with van der Waals surface area (Å²) in [5, 5.41) is 5.74. The smallest absolute Gasteiger partial charge is 0.0495 e. The van der Waals surface area contributed by atoms with Gasteiger partial charge in [-0.25, -0.2) is 0 Å². The predicted molar refractivity (Wildman–Crippen MR) is 79.2 cm³/mol. The minimum Gasteiger partial charge on any atom is -0.0837 e. The highest BCUT2D eigenvalue weighted by atomic mass is 79.9. The van der Waals surface area contributed by atoms with Gasteiger partial charge in [-0.3, -0.25) is 0 Å². The molecule has 0 aliphatic rings. The largest absolute Gasteiger partial charge is 0.0837 e. The van der Waals surface area contributed by atoms with E-state index in [4.69, 9.17) is 23.2 Å². The molecule has 0 unspecified atom stereocenters. The van der Waals surface area contributed by atoms with E-state index in [1.807, 2.05) is 36.4 Å². The molecule has 17 heavy (non-hydrogen) atoms. The van der Waals surface area contributed by atoms with E-state index in [2.05, 4.69) is 22.0 Å². The fraction of sp³-hybridized carbons (Fsp3) is 0. The molecule has 3 aromatic carbocycles. The topological polar surface area (TPSA) is 0 Å². The maximum absolute atomic E-state index is 6.24. The minimum absolute atomic E-state index is 0.747. The third kappa shape index (κ3) is 1.74. The lowest BCUT2D eigenvalue weighted by Crippen LogP contribution is -1.81. The molecule has 3 aromatic rings. The van der Waals surface area contributed by atoms with E-state index in [1.165, 1.54) is 0 Å². The molecule has 0 amide bonds. The van der Waals surface area contributed by atoms with Gasteiger partial charge in [-0.15, -0.1) is 0 Å². The molecular formula is C14H7BrCl2. The lowest BCUT2D eigenvalue weighted by molar-refractivity contribution is 1.74. The van der Waals surface area contributed by atoms with E-state index in [9.17, 15) is 0 Å².